The molecule has 2 N–H and O–H groups in total. The molecule has 35 heavy (non-hydrogen) atoms. The molecule has 2 heterocycles. The van der Waals surface area contributed by atoms with Gasteiger partial charge in [0.05, 0.1) is 18.4 Å². The summed E-state index contributed by atoms with van der Waals surface area (Å²) in [5.41, 5.74) is 6.18. The van der Waals surface area contributed by atoms with Crippen LogP contribution in [0.3, 0.4) is 0 Å². The molecule has 0 spiro atoms. The van der Waals surface area contributed by atoms with Gasteiger partial charge in [-0.05, 0) is 93.1 Å². The maximum Gasteiger partial charge on any atom is 0.334 e. The summed E-state index contributed by atoms with van der Waals surface area (Å²) >= 11 is 0. The lowest BCUT2D eigenvalue weighted by atomic mass is 9.93. The summed E-state index contributed by atoms with van der Waals surface area (Å²) in [6.45, 7) is 3.38. The first kappa shape index (κ1) is 24.1. The highest BCUT2D eigenvalue weighted by Gasteiger charge is 2.33. The molecule has 1 aliphatic heterocycles. The molecule has 10 heteroatoms. The van der Waals surface area contributed by atoms with Crippen LogP contribution in [0.15, 0.2) is 18.5 Å². The van der Waals surface area contributed by atoms with Crippen molar-refractivity contribution in [3.8, 4) is 0 Å². The molecule has 190 valence electrons. The smallest absolute Gasteiger partial charge is 0.307 e. The molecule has 2 unspecified atom stereocenters. The van der Waals surface area contributed by atoms with E-state index in [4.69, 9.17) is 0 Å². The van der Waals surface area contributed by atoms with Crippen LogP contribution in [0.25, 0.3) is 0 Å². The SMILES string of the molecule is CC1CCN(C)C(CN(c2cnn(C)c2)S(=O)(=O)NC(=O)Nc2c3c(cc4c2CCC4)CCC3)C1. The third-order valence-corrected chi connectivity index (χ3v) is 9.24. The average molecular weight is 501 g/mol. The Labute approximate surface area is 208 Å². The number of likely N-dealkylation sites (tertiary alicyclic amines) is 1. The van der Waals surface area contributed by atoms with E-state index in [2.05, 4.69) is 33.0 Å². The topological polar surface area (TPSA) is 99.6 Å². The number of amides is 2. The summed E-state index contributed by atoms with van der Waals surface area (Å²) in [5.74, 6) is 0.521. The second kappa shape index (κ2) is 9.46. The molecular weight excluding hydrogens is 464 g/mol. The number of likely N-dealkylation sites (N-methyl/N-ethyl adjacent to an activating group) is 1. The van der Waals surface area contributed by atoms with Crippen LogP contribution in [0.5, 0.6) is 0 Å². The van der Waals surface area contributed by atoms with E-state index in [1.165, 1.54) is 32.8 Å². The summed E-state index contributed by atoms with van der Waals surface area (Å²) < 4.78 is 32.3. The van der Waals surface area contributed by atoms with E-state index < -0.39 is 16.2 Å². The lowest BCUT2D eigenvalue weighted by molar-refractivity contribution is 0.155. The number of urea groups is 1. The van der Waals surface area contributed by atoms with Crippen molar-refractivity contribution in [1.29, 1.82) is 0 Å². The Morgan fingerprint density at radius 3 is 2.46 bits per heavy atom. The minimum Gasteiger partial charge on any atom is -0.307 e. The van der Waals surface area contributed by atoms with Crippen LogP contribution >= 0.6 is 0 Å². The van der Waals surface area contributed by atoms with Gasteiger partial charge in [-0.2, -0.15) is 13.5 Å². The number of nitrogens with one attached hydrogen (secondary N) is 2. The number of hydrogen-bond donors (Lipinski definition) is 2. The fourth-order valence-corrected chi connectivity index (χ4v) is 7.07. The summed E-state index contributed by atoms with van der Waals surface area (Å²) in [5, 5.41) is 7.11. The van der Waals surface area contributed by atoms with Crippen LogP contribution in [0, 0.1) is 5.92 Å². The molecule has 9 nitrogen and oxygen atoms in total. The minimum absolute atomic E-state index is 0.0549. The quantitative estimate of drug-likeness (QED) is 0.635. The molecule has 2 atom stereocenters. The van der Waals surface area contributed by atoms with E-state index in [0.29, 0.717) is 11.6 Å². The summed E-state index contributed by atoms with van der Waals surface area (Å²) in [6.07, 6.45) is 11.2. The third-order valence-electron chi connectivity index (χ3n) is 7.85. The number of piperidine rings is 1. The van der Waals surface area contributed by atoms with Gasteiger partial charge in [-0.1, -0.05) is 13.0 Å². The van der Waals surface area contributed by atoms with Crippen molar-refractivity contribution in [3.05, 3.63) is 40.7 Å². The molecule has 1 aromatic heterocycles. The molecule has 0 bridgehead atoms. The van der Waals surface area contributed by atoms with Gasteiger partial charge in [0.1, 0.15) is 0 Å². The molecule has 1 aromatic carbocycles. The van der Waals surface area contributed by atoms with E-state index >= 15 is 0 Å². The Kier molecular flexibility index (Phi) is 6.52. The van der Waals surface area contributed by atoms with E-state index in [1.807, 2.05) is 7.05 Å². The zero-order valence-corrected chi connectivity index (χ0v) is 21.7. The molecule has 1 fully saturated rings. The monoisotopic (exact) mass is 500 g/mol. The predicted octanol–water partition coefficient (Wildman–Crippen LogP) is 3.00. The number of anilines is 2. The van der Waals surface area contributed by atoms with Crippen molar-refractivity contribution < 1.29 is 13.2 Å². The average Bonchev–Trinajstić information content (AvgIpc) is 3.54. The number of fused-ring (bicyclic) bond motifs is 2. The second-order valence-electron chi connectivity index (χ2n) is 10.5. The van der Waals surface area contributed by atoms with E-state index in [-0.39, 0.29) is 12.6 Å². The summed E-state index contributed by atoms with van der Waals surface area (Å²) in [4.78, 5) is 15.3. The maximum absolute atomic E-state index is 13.6. The van der Waals surface area contributed by atoms with Crippen molar-refractivity contribution in [2.24, 2.45) is 13.0 Å². The number of hydrogen-bond acceptors (Lipinski definition) is 5. The fourth-order valence-electron chi connectivity index (χ4n) is 5.93. The van der Waals surface area contributed by atoms with E-state index in [9.17, 15) is 13.2 Å². The Balaban J connectivity index is 1.38. The molecular formula is C25H36N6O3S. The fraction of sp³-hybridized carbons (Fsp3) is 0.600. The number of benzene rings is 1. The van der Waals surface area contributed by atoms with Crippen molar-refractivity contribution in [3.63, 3.8) is 0 Å². The number of aromatic nitrogens is 2. The van der Waals surface area contributed by atoms with Crippen LogP contribution in [-0.4, -0.2) is 55.3 Å². The maximum atomic E-state index is 13.6. The lowest BCUT2D eigenvalue weighted by Gasteiger charge is -2.38. The Bertz CT molecular complexity index is 1190. The summed E-state index contributed by atoms with van der Waals surface area (Å²) in [6, 6.07) is 1.63. The van der Waals surface area contributed by atoms with Crippen LogP contribution in [0.2, 0.25) is 0 Å². The first-order valence-corrected chi connectivity index (χ1v) is 14.1. The van der Waals surface area contributed by atoms with Crippen molar-refractivity contribution in [2.45, 2.75) is 64.3 Å². The Morgan fingerprint density at radius 1 is 1.14 bits per heavy atom. The standard InChI is InChI=1S/C25H36N6O3S/c1-17-10-11-29(2)20(12-17)16-31(21-14-26-30(3)15-21)35(33,34)28-25(32)27-24-22-8-4-6-18(22)13-19-7-5-9-23(19)24/h13-15,17,20H,4-12,16H2,1-3H3,(H2,27,28,32). The number of carbonyl (C=O) groups excluding carboxylic acids is 1. The zero-order chi connectivity index (χ0) is 24.7. The second-order valence-corrected chi connectivity index (χ2v) is 12.1. The first-order valence-electron chi connectivity index (χ1n) is 12.7. The van der Waals surface area contributed by atoms with Crippen molar-refractivity contribution in [1.82, 2.24) is 19.4 Å². The van der Waals surface area contributed by atoms with E-state index in [0.717, 1.165) is 63.6 Å². The van der Waals surface area contributed by atoms with Gasteiger partial charge < -0.3 is 10.2 Å². The highest BCUT2D eigenvalue weighted by molar-refractivity contribution is 7.91. The number of carbonyl (C=O) groups is 1. The van der Waals surface area contributed by atoms with E-state index in [1.54, 1.807) is 17.9 Å². The molecule has 5 rings (SSSR count). The number of aryl methyl sites for hydroxylation is 3. The number of nitrogens with zero attached hydrogens (tertiary/aromatic N) is 4. The van der Waals surface area contributed by atoms with Crippen LogP contribution in [0.1, 0.15) is 54.9 Å². The van der Waals surface area contributed by atoms with Gasteiger partial charge in [-0.15, -0.1) is 0 Å². The molecule has 2 aliphatic carbocycles. The third kappa shape index (κ3) is 4.91. The van der Waals surface area contributed by atoms with Gasteiger partial charge >= 0.3 is 16.2 Å². The first-order chi connectivity index (χ1) is 16.7. The zero-order valence-electron chi connectivity index (χ0n) is 20.9. The Hall–Kier alpha value is -2.59. The largest absolute Gasteiger partial charge is 0.334 e. The molecule has 2 amide bonds. The molecule has 3 aliphatic rings. The normalized spacial score (nSPS) is 22.0. The van der Waals surface area contributed by atoms with Crippen LogP contribution in [-0.2, 0) is 42.9 Å². The minimum atomic E-state index is -4.16. The Morgan fingerprint density at radius 2 is 1.83 bits per heavy atom. The van der Waals surface area contributed by atoms with Gasteiger partial charge in [-0.3, -0.25) is 4.68 Å². The lowest BCUT2D eigenvalue weighted by Crippen LogP contribution is -2.52. The summed E-state index contributed by atoms with van der Waals surface area (Å²) in [7, 11) is -0.380. The van der Waals surface area contributed by atoms with Crippen molar-refractivity contribution in [2.75, 3.05) is 29.8 Å². The van der Waals surface area contributed by atoms with Crippen LogP contribution in [0.4, 0.5) is 16.2 Å². The van der Waals surface area contributed by atoms with Crippen molar-refractivity contribution >= 4 is 27.6 Å². The van der Waals surface area contributed by atoms with Gasteiger partial charge in [0.25, 0.3) is 0 Å². The van der Waals surface area contributed by atoms with Gasteiger partial charge in [0.15, 0.2) is 0 Å². The predicted molar refractivity (Wildman–Crippen MR) is 137 cm³/mol. The molecule has 0 radical (unpaired) electrons. The molecule has 1 saturated heterocycles. The molecule has 2 aromatic rings. The van der Waals surface area contributed by atoms with Crippen LogP contribution < -0.4 is 14.3 Å². The molecule has 0 saturated carbocycles. The van der Waals surface area contributed by atoms with Gasteiger partial charge in [-0.25, -0.2) is 13.8 Å². The highest BCUT2D eigenvalue weighted by Crippen LogP contribution is 2.38. The van der Waals surface area contributed by atoms with Gasteiger partial charge in [0.2, 0.25) is 0 Å². The highest BCUT2D eigenvalue weighted by atomic mass is 32.2. The number of rotatable bonds is 6. The van der Waals surface area contributed by atoms with Gasteiger partial charge in [0, 0.05) is 25.0 Å².